The normalized spacial score (nSPS) is 25.3. The number of carbonyl (C=O) groups excluding carboxylic acids is 1. The molecule has 0 aliphatic carbocycles. The number of carbonyl (C=O) groups is 1. The van der Waals surface area contributed by atoms with Gasteiger partial charge in [-0.1, -0.05) is 15.9 Å². The SMILES string of the molecule is CC(C)(C)OC(=O)N1CC[C@@H]2CN3CCCc4cc(Br)cc(c43)[C@@H]2C1. The molecule has 3 aliphatic rings. The Morgan fingerprint density at radius 1 is 1.24 bits per heavy atom. The molecule has 4 rings (SSSR count). The van der Waals surface area contributed by atoms with Crippen molar-refractivity contribution in [2.24, 2.45) is 5.92 Å². The predicted molar refractivity (Wildman–Crippen MR) is 103 cm³/mol. The molecule has 3 aliphatic heterocycles. The zero-order valence-electron chi connectivity index (χ0n) is 15.3. The molecule has 0 N–H and O–H groups in total. The number of amides is 1. The van der Waals surface area contributed by atoms with E-state index >= 15 is 0 Å². The molecular formula is C20H27BrN2O2. The number of hydrogen-bond donors (Lipinski definition) is 0. The zero-order chi connectivity index (χ0) is 17.8. The fourth-order valence-electron chi connectivity index (χ4n) is 4.64. The third-order valence-electron chi connectivity index (χ3n) is 5.64. The Bertz CT molecular complexity index is 698. The smallest absolute Gasteiger partial charge is 0.410 e. The number of benzene rings is 1. The fraction of sp³-hybridized carbons (Fsp3) is 0.650. The Balaban J connectivity index is 1.63. The van der Waals surface area contributed by atoms with Crippen molar-refractivity contribution in [2.45, 2.75) is 51.6 Å². The van der Waals surface area contributed by atoms with Gasteiger partial charge in [-0.2, -0.15) is 0 Å². The van der Waals surface area contributed by atoms with Crippen molar-refractivity contribution in [2.75, 3.05) is 31.1 Å². The molecule has 1 aromatic carbocycles. The molecule has 0 aromatic heterocycles. The van der Waals surface area contributed by atoms with Crippen LogP contribution < -0.4 is 4.90 Å². The maximum absolute atomic E-state index is 12.5. The van der Waals surface area contributed by atoms with E-state index < -0.39 is 5.60 Å². The van der Waals surface area contributed by atoms with Gasteiger partial charge in [0.25, 0.3) is 0 Å². The second-order valence-electron chi connectivity index (χ2n) is 8.63. The Morgan fingerprint density at radius 3 is 2.80 bits per heavy atom. The highest BCUT2D eigenvalue weighted by molar-refractivity contribution is 9.10. The first-order valence-electron chi connectivity index (χ1n) is 9.37. The maximum atomic E-state index is 12.5. The number of likely N-dealkylation sites (tertiary alicyclic amines) is 1. The number of ether oxygens (including phenoxy) is 1. The Kier molecular flexibility index (Phi) is 4.25. The first-order chi connectivity index (χ1) is 11.8. The summed E-state index contributed by atoms with van der Waals surface area (Å²) in [4.78, 5) is 17.1. The van der Waals surface area contributed by atoms with Gasteiger partial charge in [-0.3, -0.25) is 0 Å². The zero-order valence-corrected chi connectivity index (χ0v) is 16.9. The van der Waals surface area contributed by atoms with Crippen LogP contribution in [-0.4, -0.2) is 42.8 Å². The number of piperidine rings is 1. The minimum absolute atomic E-state index is 0.169. The summed E-state index contributed by atoms with van der Waals surface area (Å²) < 4.78 is 6.78. The molecule has 4 nitrogen and oxygen atoms in total. The summed E-state index contributed by atoms with van der Waals surface area (Å²) in [5.41, 5.74) is 3.89. The molecule has 3 heterocycles. The molecule has 0 bridgehead atoms. The van der Waals surface area contributed by atoms with Gasteiger partial charge < -0.3 is 14.5 Å². The molecule has 136 valence electrons. The maximum Gasteiger partial charge on any atom is 0.410 e. The Labute approximate surface area is 158 Å². The predicted octanol–water partition coefficient (Wildman–Crippen LogP) is 4.56. The van der Waals surface area contributed by atoms with E-state index in [0.29, 0.717) is 11.8 Å². The van der Waals surface area contributed by atoms with E-state index in [-0.39, 0.29) is 6.09 Å². The van der Waals surface area contributed by atoms with Crippen LogP contribution in [-0.2, 0) is 11.2 Å². The van der Waals surface area contributed by atoms with Crippen LogP contribution in [0.3, 0.4) is 0 Å². The van der Waals surface area contributed by atoms with Crippen LogP contribution in [0.15, 0.2) is 16.6 Å². The highest BCUT2D eigenvalue weighted by Crippen LogP contribution is 2.47. The third-order valence-corrected chi connectivity index (χ3v) is 6.09. The molecular weight excluding hydrogens is 380 g/mol. The van der Waals surface area contributed by atoms with Gasteiger partial charge in [-0.25, -0.2) is 4.79 Å². The highest BCUT2D eigenvalue weighted by atomic mass is 79.9. The quantitative estimate of drug-likeness (QED) is 0.632. The minimum atomic E-state index is -0.438. The topological polar surface area (TPSA) is 32.8 Å². The Hall–Kier alpha value is -1.23. The van der Waals surface area contributed by atoms with Crippen LogP contribution in [0.1, 0.15) is 50.7 Å². The monoisotopic (exact) mass is 406 g/mol. The van der Waals surface area contributed by atoms with E-state index in [0.717, 1.165) is 36.9 Å². The Morgan fingerprint density at radius 2 is 2.04 bits per heavy atom. The standard InChI is InChI=1S/C20H27BrN2O2/c1-20(2,3)25-19(24)23-8-6-14-11-22-7-4-5-13-9-15(21)10-16(18(13)22)17(14)12-23/h9-10,14,17H,4-8,11-12H2,1-3H3/t14-,17-/m1/s1. The van der Waals surface area contributed by atoms with E-state index in [1.165, 1.54) is 29.8 Å². The summed E-state index contributed by atoms with van der Waals surface area (Å²) in [6.45, 7) is 9.67. The lowest BCUT2D eigenvalue weighted by Crippen LogP contribution is -2.50. The van der Waals surface area contributed by atoms with Gasteiger partial charge in [0.1, 0.15) is 5.60 Å². The molecule has 1 aromatic rings. The van der Waals surface area contributed by atoms with Gasteiger partial charge in [-0.15, -0.1) is 0 Å². The molecule has 0 unspecified atom stereocenters. The molecule has 0 saturated carbocycles. The number of rotatable bonds is 0. The summed E-state index contributed by atoms with van der Waals surface area (Å²) in [5.74, 6) is 1.05. The van der Waals surface area contributed by atoms with E-state index in [9.17, 15) is 4.79 Å². The summed E-state index contributed by atoms with van der Waals surface area (Å²) >= 11 is 3.70. The average molecular weight is 407 g/mol. The molecule has 1 saturated heterocycles. The number of nitrogens with zero attached hydrogens (tertiary/aromatic N) is 2. The molecule has 0 radical (unpaired) electrons. The number of halogens is 1. The number of fused-ring (bicyclic) bond motifs is 2. The van der Waals surface area contributed by atoms with Gasteiger partial charge >= 0.3 is 6.09 Å². The highest BCUT2D eigenvalue weighted by Gasteiger charge is 2.41. The van der Waals surface area contributed by atoms with Crippen molar-refractivity contribution in [3.05, 3.63) is 27.7 Å². The molecule has 5 heteroatoms. The lowest BCUT2D eigenvalue weighted by atomic mass is 9.75. The van der Waals surface area contributed by atoms with E-state index in [1.807, 2.05) is 25.7 Å². The van der Waals surface area contributed by atoms with Crippen molar-refractivity contribution < 1.29 is 9.53 Å². The second-order valence-corrected chi connectivity index (χ2v) is 9.55. The van der Waals surface area contributed by atoms with Crippen LogP contribution in [0.25, 0.3) is 0 Å². The van der Waals surface area contributed by atoms with Crippen molar-refractivity contribution in [1.82, 2.24) is 4.90 Å². The minimum Gasteiger partial charge on any atom is -0.444 e. The van der Waals surface area contributed by atoms with Crippen molar-refractivity contribution in [3.63, 3.8) is 0 Å². The fourth-order valence-corrected chi connectivity index (χ4v) is 5.16. The molecule has 1 fully saturated rings. The summed E-state index contributed by atoms with van der Waals surface area (Å²) in [5, 5.41) is 0. The first-order valence-corrected chi connectivity index (χ1v) is 10.2. The molecule has 2 atom stereocenters. The lowest BCUT2D eigenvalue weighted by molar-refractivity contribution is 0.0155. The van der Waals surface area contributed by atoms with Crippen molar-refractivity contribution >= 4 is 27.7 Å². The number of anilines is 1. The number of hydrogen-bond acceptors (Lipinski definition) is 3. The number of aryl methyl sites for hydroxylation is 1. The van der Waals surface area contributed by atoms with Crippen LogP contribution >= 0.6 is 15.9 Å². The van der Waals surface area contributed by atoms with Crippen LogP contribution in [0.5, 0.6) is 0 Å². The average Bonchev–Trinajstić information content (AvgIpc) is 2.53. The van der Waals surface area contributed by atoms with Gasteiger partial charge in [0.15, 0.2) is 0 Å². The van der Waals surface area contributed by atoms with Gasteiger partial charge in [0.2, 0.25) is 0 Å². The third kappa shape index (κ3) is 3.27. The van der Waals surface area contributed by atoms with E-state index in [1.54, 1.807) is 0 Å². The molecule has 1 amide bonds. The van der Waals surface area contributed by atoms with E-state index in [2.05, 4.69) is 33.0 Å². The van der Waals surface area contributed by atoms with Crippen LogP contribution in [0, 0.1) is 5.92 Å². The summed E-state index contributed by atoms with van der Waals surface area (Å²) in [6.07, 6.45) is 3.29. The van der Waals surface area contributed by atoms with Crippen molar-refractivity contribution in [1.29, 1.82) is 0 Å². The summed E-state index contributed by atoms with van der Waals surface area (Å²) in [7, 11) is 0. The summed E-state index contributed by atoms with van der Waals surface area (Å²) in [6, 6.07) is 4.56. The van der Waals surface area contributed by atoms with Crippen LogP contribution in [0.4, 0.5) is 10.5 Å². The van der Waals surface area contributed by atoms with Crippen molar-refractivity contribution in [3.8, 4) is 0 Å². The first kappa shape index (κ1) is 17.2. The van der Waals surface area contributed by atoms with Crippen LogP contribution in [0.2, 0.25) is 0 Å². The lowest BCUT2D eigenvalue weighted by Gasteiger charge is -2.48. The molecule has 25 heavy (non-hydrogen) atoms. The van der Waals surface area contributed by atoms with Gasteiger partial charge in [0, 0.05) is 42.3 Å². The van der Waals surface area contributed by atoms with E-state index in [4.69, 9.17) is 4.74 Å². The largest absolute Gasteiger partial charge is 0.444 e. The molecule has 0 spiro atoms. The second kappa shape index (κ2) is 6.19. The van der Waals surface area contributed by atoms with Gasteiger partial charge in [0.05, 0.1) is 0 Å². The van der Waals surface area contributed by atoms with Gasteiger partial charge in [-0.05, 0) is 69.2 Å².